The van der Waals surface area contributed by atoms with Gasteiger partial charge in [-0.15, -0.1) is 0 Å². The van der Waals surface area contributed by atoms with Crippen LogP contribution in [0.3, 0.4) is 0 Å². The fourth-order valence-corrected chi connectivity index (χ4v) is 11.2. The molecule has 0 aliphatic rings. The first kappa shape index (κ1) is 72.3. The Kier molecular flexibility index (Phi) is 24.3. The Labute approximate surface area is 552 Å². The number of methoxy groups -OCH3 is 1. The van der Waals surface area contributed by atoms with Crippen molar-refractivity contribution >= 4 is 52.5 Å². The number of amides is 5. The highest BCUT2D eigenvalue weighted by atomic mass is 16.6. The number of esters is 1. The second kappa shape index (κ2) is 31.7. The van der Waals surface area contributed by atoms with Crippen LogP contribution >= 0.6 is 0 Å². The molecule has 5 amide bonds. The Morgan fingerprint density at radius 2 is 0.979 bits per heavy atom. The molecular weight excluding hydrogens is 1190 g/mol. The van der Waals surface area contributed by atoms with Crippen molar-refractivity contribution in [3.05, 3.63) is 192 Å². The molecule has 0 radical (unpaired) electrons. The molecule has 2 aromatic heterocycles. The van der Waals surface area contributed by atoms with E-state index >= 15 is 9.59 Å². The minimum Gasteiger partial charge on any atom is -0.488 e. The molecule has 5 aromatic carbocycles. The molecule has 7 aromatic rings. The third kappa shape index (κ3) is 19.9. The lowest BCUT2D eigenvalue weighted by molar-refractivity contribution is -0.146. The summed E-state index contributed by atoms with van der Waals surface area (Å²) in [4.78, 5) is 106. The molecular formula is C74H95N9O11. The summed E-state index contributed by atoms with van der Waals surface area (Å²) in [6.45, 7) is 23.5. The monoisotopic (exact) mass is 1290 g/mol. The van der Waals surface area contributed by atoms with Crippen molar-refractivity contribution in [1.82, 2.24) is 40.7 Å². The van der Waals surface area contributed by atoms with Crippen LogP contribution in [0.1, 0.15) is 136 Å². The quantitative estimate of drug-likeness (QED) is 0.0197. The van der Waals surface area contributed by atoms with E-state index in [-0.39, 0.29) is 43.9 Å². The molecule has 0 spiro atoms. The van der Waals surface area contributed by atoms with Gasteiger partial charge in [-0.2, -0.15) is 0 Å². The molecule has 6 atom stereocenters. The van der Waals surface area contributed by atoms with E-state index in [2.05, 4.69) is 63.0 Å². The molecule has 0 aliphatic heterocycles. The number of carbonyl (C=O) groups excluding carboxylic acids is 7. The fourth-order valence-electron chi connectivity index (χ4n) is 11.2. The molecule has 0 bridgehead atoms. The maximum atomic E-state index is 15.4. The number of fused-ring (bicyclic) bond motifs is 1. The first-order valence-corrected chi connectivity index (χ1v) is 32.1. The van der Waals surface area contributed by atoms with Crippen molar-refractivity contribution < 1.29 is 52.5 Å². The predicted octanol–water partition coefficient (Wildman–Crippen LogP) is 9.50. The van der Waals surface area contributed by atoms with Crippen molar-refractivity contribution in [3.8, 4) is 5.75 Å². The number of para-hydroxylation sites is 1. The standard InChI is InChI=1S/C74H95N9O11/c1-47(2)38-58(65(85)80-61(39-48(3)4)69(89)91-14)78-66(86)59(40-49-34-36-55(37-35-49)93-72(8,9)10)79-68(88)62(45-92-71(5,6)7)81-67(87)60(41-50-43-83(70(90)94-73(11,12)13)63-33-25-24-32-56(50)63)77-64(84)57(75)42-54-44-82(46-76-54)74(51-26-18-15-19-27-51,52-28-20-16-21-29-52)53-30-22-17-23-31-53/h15-37,43-44,46-48,57-62H,38-42,45,75H2,1-14H3,(H,77,84)(H,78,86)(H,79,88)(H,80,85)(H,81,87)/t57-,58+,59-,60-,61-,62-/m0/s1. The first-order valence-electron chi connectivity index (χ1n) is 32.1. The first-order chi connectivity index (χ1) is 44.3. The van der Waals surface area contributed by atoms with Crippen molar-refractivity contribution in [2.45, 2.75) is 181 Å². The van der Waals surface area contributed by atoms with Gasteiger partial charge in [-0.05, 0) is 133 Å². The van der Waals surface area contributed by atoms with E-state index in [9.17, 15) is 24.0 Å². The summed E-state index contributed by atoms with van der Waals surface area (Å²) in [5.41, 5.74) is 8.65. The van der Waals surface area contributed by atoms with Gasteiger partial charge < -0.3 is 55.8 Å². The summed E-state index contributed by atoms with van der Waals surface area (Å²) in [5.74, 6) is -3.94. The van der Waals surface area contributed by atoms with E-state index in [1.54, 1.807) is 103 Å². The van der Waals surface area contributed by atoms with Gasteiger partial charge in [0, 0.05) is 37.0 Å². The lowest BCUT2D eigenvalue weighted by atomic mass is 9.77. The Hall–Kier alpha value is -9.14. The van der Waals surface area contributed by atoms with E-state index in [1.807, 2.05) is 114 Å². The minimum absolute atomic E-state index is 0.00349. The van der Waals surface area contributed by atoms with Crippen LogP contribution in [0.15, 0.2) is 158 Å². The lowest BCUT2D eigenvalue weighted by Crippen LogP contribution is -2.61. The number of nitrogens with two attached hydrogens (primary N) is 1. The Morgan fingerprint density at radius 3 is 1.50 bits per heavy atom. The second-order valence-corrected chi connectivity index (χ2v) is 27.7. The lowest BCUT2D eigenvalue weighted by Gasteiger charge is -2.37. The number of ether oxygens (including phenoxy) is 4. The third-order valence-electron chi connectivity index (χ3n) is 15.4. The van der Waals surface area contributed by atoms with Crippen LogP contribution in [0, 0.1) is 11.8 Å². The number of hydrogen-bond acceptors (Lipinski definition) is 13. The maximum absolute atomic E-state index is 15.4. The van der Waals surface area contributed by atoms with Crippen molar-refractivity contribution in [3.63, 3.8) is 0 Å². The molecule has 0 unspecified atom stereocenters. The number of nitrogens with zero attached hydrogens (tertiary/aromatic N) is 3. The van der Waals surface area contributed by atoms with Gasteiger partial charge in [-0.1, -0.05) is 149 Å². The zero-order valence-corrected chi connectivity index (χ0v) is 56.8. The van der Waals surface area contributed by atoms with E-state index in [0.29, 0.717) is 33.5 Å². The molecule has 0 saturated carbocycles. The van der Waals surface area contributed by atoms with Gasteiger partial charge >= 0.3 is 12.1 Å². The summed E-state index contributed by atoms with van der Waals surface area (Å²) in [5, 5.41) is 14.9. The normalized spacial score (nSPS) is 14.0. The molecule has 502 valence electrons. The average molecular weight is 1290 g/mol. The van der Waals surface area contributed by atoms with Crippen LogP contribution in [-0.4, -0.2) is 122 Å². The topological polar surface area (TPSA) is 265 Å². The minimum atomic E-state index is -1.52. The summed E-state index contributed by atoms with van der Waals surface area (Å²) >= 11 is 0. The highest BCUT2D eigenvalue weighted by molar-refractivity contribution is 5.98. The molecule has 0 aliphatic carbocycles. The van der Waals surface area contributed by atoms with Gasteiger partial charge in [-0.25, -0.2) is 14.6 Å². The molecule has 0 fully saturated rings. The van der Waals surface area contributed by atoms with E-state index in [4.69, 9.17) is 29.7 Å². The van der Waals surface area contributed by atoms with E-state index in [0.717, 1.165) is 16.7 Å². The zero-order chi connectivity index (χ0) is 68.7. The number of imidazole rings is 1. The Morgan fingerprint density at radius 1 is 0.511 bits per heavy atom. The molecule has 2 heterocycles. The van der Waals surface area contributed by atoms with Gasteiger partial charge in [0.15, 0.2) is 0 Å². The van der Waals surface area contributed by atoms with E-state index in [1.165, 1.54) is 11.7 Å². The number of benzene rings is 5. The predicted molar refractivity (Wildman–Crippen MR) is 363 cm³/mol. The van der Waals surface area contributed by atoms with Gasteiger partial charge in [0.2, 0.25) is 29.5 Å². The van der Waals surface area contributed by atoms with Gasteiger partial charge in [-0.3, -0.25) is 28.5 Å². The number of aromatic nitrogens is 3. The molecule has 7 rings (SSSR count). The highest BCUT2D eigenvalue weighted by Crippen LogP contribution is 2.41. The van der Waals surface area contributed by atoms with Crippen molar-refractivity contribution in [2.24, 2.45) is 17.6 Å². The van der Waals surface area contributed by atoms with Gasteiger partial charge in [0.05, 0.1) is 42.9 Å². The van der Waals surface area contributed by atoms with Crippen molar-refractivity contribution in [1.29, 1.82) is 0 Å². The SMILES string of the molecule is COC(=O)[C@H](CC(C)C)NC(=O)[C@@H](CC(C)C)NC(=O)[C@H](Cc1ccc(OC(C)(C)C)cc1)NC(=O)[C@H](COC(C)(C)C)NC(=O)[C@H](Cc1cn(C(=O)OC(C)(C)C)c2ccccc12)NC(=O)[C@@H](N)Cc1cn(C(c2ccccc2)(c2ccccc2)c2ccccc2)cn1. The van der Waals surface area contributed by atoms with Crippen LogP contribution in [-0.2, 0) is 67.8 Å². The second-order valence-electron chi connectivity index (χ2n) is 27.7. The van der Waals surface area contributed by atoms with Crippen LogP contribution in [0.25, 0.3) is 10.9 Å². The third-order valence-corrected chi connectivity index (χ3v) is 15.4. The van der Waals surface area contributed by atoms with Gasteiger partial charge in [0.25, 0.3) is 0 Å². The summed E-state index contributed by atoms with van der Waals surface area (Å²) < 4.78 is 26.5. The Balaban J connectivity index is 1.24. The molecule has 20 nitrogen and oxygen atoms in total. The number of carbonyl (C=O) groups is 7. The maximum Gasteiger partial charge on any atom is 0.419 e. The van der Waals surface area contributed by atoms with Gasteiger partial charge in [0.1, 0.15) is 52.7 Å². The number of rotatable bonds is 28. The van der Waals surface area contributed by atoms with Crippen molar-refractivity contribution in [2.75, 3.05) is 13.7 Å². The zero-order valence-electron chi connectivity index (χ0n) is 56.8. The van der Waals surface area contributed by atoms with E-state index < -0.39 is 107 Å². The fraction of sp³-hybridized carbons (Fsp3) is 0.432. The average Bonchev–Trinajstić information content (AvgIpc) is 1.22. The van der Waals surface area contributed by atoms with Crippen LogP contribution in [0.4, 0.5) is 4.79 Å². The summed E-state index contributed by atoms with van der Waals surface area (Å²) in [6, 6.07) is 36.4. The molecule has 20 heteroatoms. The smallest absolute Gasteiger partial charge is 0.419 e. The van der Waals surface area contributed by atoms with Crippen LogP contribution < -0.4 is 37.1 Å². The van der Waals surface area contributed by atoms with Crippen LogP contribution in [0.5, 0.6) is 5.75 Å². The highest BCUT2D eigenvalue weighted by Gasteiger charge is 2.40. The molecule has 0 saturated heterocycles. The summed E-state index contributed by atoms with van der Waals surface area (Å²) in [6.07, 6.45) is 4.54. The number of nitrogens with one attached hydrogen (secondary N) is 5. The summed E-state index contributed by atoms with van der Waals surface area (Å²) in [7, 11) is 1.24. The molecule has 7 N–H and O–H groups in total. The largest absolute Gasteiger partial charge is 0.488 e. The Bertz CT molecular complexity index is 3580. The van der Waals surface area contributed by atoms with Crippen LogP contribution in [0.2, 0.25) is 0 Å². The molecule has 94 heavy (non-hydrogen) atoms. The number of hydrogen-bond donors (Lipinski definition) is 6.